The number of carboxylic acid groups (broad SMARTS) is 1. The van der Waals surface area contributed by atoms with Crippen molar-refractivity contribution in [2.75, 3.05) is 6.61 Å². The molecule has 1 rings (SSSR count). The van der Waals surface area contributed by atoms with Crippen molar-refractivity contribution in [3.63, 3.8) is 0 Å². The summed E-state index contributed by atoms with van der Waals surface area (Å²) < 4.78 is 5.42. The normalized spacial score (nSPS) is 11.1. The fourth-order valence-corrected chi connectivity index (χ4v) is 1.73. The van der Waals surface area contributed by atoms with Gasteiger partial charge in [0.05, 0.1) is 5.56 Å². The van der Waals surface area contributed by atoms with E-state index in [2.05, 4.69) is 19.9 Å². The minimum Gasteiger partial charge on any atom is -0.504 e. The molecule has 114 valence electrons. The van der Waals surface area contributed by atoms with Crippen LogP contribution in [0.4, 0.5) is 0 Å². The van der Waals surface area contributed by atoms with Gasteiger partial charge in [0.1, 0.15) is 6.61 Å². The van der Waals surface area contributed by atoms with Gasteiger partial charge in [-0.05, 0) is 57.9 Å². The number of allylic oxidation sites excluding steroid dienone is 3. The molecule has 2 N–H and O–H groups in total. The van der Waals surface area contributed by atoms with Crippen LogP contribution in [0.15, 0.2) is 41.5 Å². The van der Waals surface area contributed by atoms with E-state index in [1.54, 1.807) is 0 Å². The summed E-state index contributed by atoms with van der Waals surface area (Å²) in [5, 5.41) is 18.5. The van der Waals surface area contributed by atoms with Crippen molar-refractivity contribution in [3.8, 4) is 11.5 Å². The van der Waals surface area contributed by atoms with E-state index >= 15 is 0 Å². The smallest absolute Gasteiger partial charge is 0.335 e. The number of phenolic OH excluding ortho intramolecular Hbond substituents is 1. The minimum absolute atomic E-state index is 0.0596. The number of hydrogen-bond acceptors (Lipinski definition) is 3. The number of ether oxygens (including phenoxy) is 1. The number of hydrogen-bond donors (Lipinski definition) is 2. The van der Waals surface area contributed by atoms with E-state index < -0.39 is 5.97 Å². The molecule has 0 amide bonds. The van der Waals surface area contributed by atoms with Crippen LogP contribution in [0, 0.1) is 0 Å². The highest BCUT2D eigenvalue weighted by Crippen LogP contribution is 2.26. The summed E-state index contributed by atoms with van der Waals surface area (Å²) in [7, 11) is 0. The average Bonchev–Trinajstić information content (AvgIpc) is 2.40. The molecule has 0 heterocycles. The van der Waals surface area contributed by atoms with Crippen LogP contribution in [0.5, 0.6) is 11.5 Å². The average molecular weight is 290 g/mol. The van der Waals surface area contributed by atoms with Gasteiger partial charge in [0, 0.05) is 0 Å². The number of carbonyl (C=O) groups is 1. The van der Waals surface area contributed by atoms with Gasteiger partial charge in [-0.25, -0.2) is 4.79 Å². The van der Waals surface area contributed by atoms with Gasteiger partial charge < -0.3 is 14.9 Å². The second-order valence-corrected chi connectivity index (χ2v) is 5.17. The van der Waals surface area contributed by atoms with Crippen LogP contribution in [-0.4, -0.2) is 22.8 Å². The number of rotatable bonds is 7. The third-order valence-electron chi connectivity index (χ3n) is 2.97. The molecule has 0 unspecified atom stereocenters. The molecule has 1 aromatic rings. The third kappa shape index (κ3) is 6.17. The van der Waals surface area contributed by atoms with Crippen LogP contribution in [0.2, 0.25) is 0 Å². The first-order chi connectivity index (χ1) is 9.90. The van der Waals surface area contributed by atoms with Crippen LogP contribution >= 0.6 is 0 Å². The molecule has 0 bridgehead atoms. The van der Waals surface area contributed by atoms with Crippen molar-refractivity contribution in [1.82, 2.24) is 0 Å². The minimum atomic E-state index is -1.05. The van der Waals surface area contributed by atoms with Crippen molar-refractivity contribution in [2.45, 2.75) is 33.6 Å². The largest absolute Gasteiger partial charge is 0.504 e. The number of carboxylic acids is 1. The molecule has 0 spiro atoms. The zero-order chi connectivity index (χ0) is 15.8. The Balaban J connectivity index is 2.57. The molecular formula is C17H22O4. The zero-order valence-corrected chi connectivity index (χ0v) is 12.7. The molecule has 0 aliphatic heterocycles. The molecule has 4 heteroatoms. The summed E-state index contributed by atoms with van der Waals surface area (Å²) in [5.41, 5.74) is 2.59. The Bertz CT molecular complexity index is 552. The van der Waals surface area contributed by atoms with E-state index in [0.717, 1.165) is 12.8 Å². The van der Waals surface area contributed by atoms with Crippen molar-refractivity contribution < 1.29 is 19.7 Å². The molecule has 0 aliphatic rings. The highest BCUT2D eigenvalue weighted by atomic mass is 16.5. The van der Waals surface area contributed by atoms with Gasteiger partial charge >= 0.3 is 5.97 Å². The Morgan fingerprint density at radius 3 is 2.57 bits per heavy atom. The Labute approximate surface area is 125 Å². The Morgan fingerprint density at radius 1 is 1.24 bits per heavy atom. The first kappa shape index (κ1) is 16.8. The van der Waals surface area contributed by atoms with Crippen LogP contribution in [0.1, 0.15) is 44.0 Å². The van der Waals surface area contributed by atoms with Crippen molar-refractivity contribution in [3.05, 3.63) is 47.1 Å². The maximum absolute atomic E-state index is 10.9. The lowest BCUT2D eigenvalue weighted by atomic mass is 10.1. The van der Waals surface area contributed by atoms with E-state index in [9.17, 15) is 9.90 Å². The molecule has 4 nitrogen and oxygen atoms in total. The molecule has 1 aromatic carbocycles. The first-order valence-electron chi connectivity index (χ1n) is 6.88. The number of benzene rings is 1. The number of phenols is 1. The van der Waals surface area contributed by atoms with Crippen LogP contribution in [0.25, 0.3) is 0 Å². The number of aromatic carboxylic acids is 1. The summed E-state index contributed by atoms with van der Waals surface area (Å²) in [4.78, 5) is 10.9. The van der Waals surface area contributed by atoms with Gasteiger partial charge in [0.15, 0.2) is 11.5 Å². The van der Waals surface area contributed by atoms with E-state index in [-0.39, 0.29) is 17.1 Å². The lowest BCUT2D eigenvalue weighted by Crippen LogP contribution is -1.99. The van der Waals surface area contributed by atoms with Crippen molar-refractivity contribution >= 4 is 5.97 Å². The van der Waals surface area contributed by atoms with Crippen LogP contribution in [0.3, 0.4) is 0 Å². The topological polar surface area (TPSA) is 66.8 Å². The van der Waals surface area contributed by atoms with Crippen LogP contribution in [-0.2, 0) is 0 Å². The van der Waals surface area contributed by atoms with Gasteiger partial charge in [0.25, 0.3) is 0 Å². The molecule has 0 fully saturated rings. The van der Waals surface area contributed by atoms with Gasteiger partial charge in [-0.15, -0.1) is 0 Å². The summed E-state index contributed by atoms with van der Waals surface area (Å²) in [6.07, 6.45) is 6.06. The van der Waals surface area contributed by atoms with Gasteiger partial charge in [-0.2, -0.15) is 0 Å². The third-order valence-corrected chi connectivity index (χ3v) is 2.97. The SMILES string of the molecule is CC(C)=CCCC(C)=CCOc1cc(C(=O)O)ccc1O. The van der Waals surface area contributed by atoms with E-state index in [1.807, 2.05) is 13.0 Å². The second-order valence-electron chi connectivity index (χ2n) is 5.17. The Kier molecular flexibility index (Phi) is 6.53. The second kappa shape index (κ2) is 8.15. The lowest BCUT2D eigenvalue weighted by Gasteiger charge is -2.07. The summed E-state index contributed by atoms with van der Waals surface area (Å²) in [5.74, 6) is -0.924. The van der Waals surface area contributed by atoms with E-state index in [1.165, 1.54) is 29.3 Å². The molecule has 0 saturated heterocycles. The standard InChI is InChI=1S/C17H22O4/c1-12(2)5-4-6-13(3)9-10-21-16-11-14(17(19)20)7-8-15(16)18/h5,7-9,11,18H,4,6,10H2,1-3H3,(H,19,20). The maximum Gasteiger partial charge on any atom is 0.335 e. The van der Waals surface area contributed by atoms with Crippen molar-refractivity contribution in [2.24, 2.45) is 0 Å². The number of aromatic hydroxyl groups is 1. The summed E-state index contributed by atoms with van der Waals surface area (Å²) >= 11 is 0. The highest BCUT2D eigenvalue weighted by molar-refractivity contribution is 5.88. The first-order valence-corrected chi connectivity index (χ1v) is 6.88. The Hall–Kier alpha value is -2.23. The quantitative estimate of drug-likeness (QED) is 0.740. The maximum atomic E-state index is 10.9. The lowest BCUT2D eigenvalue weighted by molar-refractivity contribution is 0.0696. The monoisotopic (exact) mass is 290 g/mol. The van der Waals surface area contributed by atoms with Crippen LogP contribution < -0.4 is 4.74 Å². The zero-order valence-electron chi connectivity index (χ0n) is 12.7. The molecule has 0 atom stereocenters. The van der Waals surface area contributed by atoms with Gasteiger partial charge in [-0.3, -0.25) is 0 Å². The van der Waals surface area contributed by atoms with E-state index in [4.69, 9.17) is 9.84 Å². The van der Waals surface area contributed by atoms with Gasteiger partial charge in [0.2, 0.25) is 0 Å². The predicted molar refractivity (Wildman–Crippen MR) is 83.0 cm³/mol. The highest BCUT2D eigenvalue weighted by Gasteiger charge is 2.08. The molecule has 0 aromatic heterocycles. The van der Waals surface area contributed by atoms with Crippen molar-refractivity contribution in [1.29, 1.82) is 0 Å². The molecule has 0 radical (unpaired) electrons. The molecule has 21 heavy (non-hydrogen) atoms. The van der Waals surface area contributed by atoms with Gasteiger partial charge in [-0.1, -0.05) is 17.2 Å². The summed E-state index contributed by atoms with van der Waals surface area (Å²) in [6, 6.07) is 3.99. The molecule has 0 aliphatic carbocycles. The predicted octanol–water partition coefficient (Wildman–Crippen LogP) is 4.16. The van der Waals surface area contributed by atoms with E-state index in [0.29, 0.717) is 6.61 Å². The fourth-order valence-electron chi connectivity index (χ4n) is 1.73. The summed E-state index contributed by atoms with van der Waals surface area (Å²) in [6.45, 7) is 6.47. The molecular weight excluding hydrogens is 268 g/mol. The Morgan fingerprint density at radius 2 is 1.95 bits per heavy atom. The molecule has 0 saturated carbocycles. The fraction of sp³-hybridized carbons (Fsp3) is 0.353.